The van der Waals surface area contributed by atoms with E-state index in [1.165, 1.54) is 7.11 Å². The number of carbonyl (C=O) groups is 1. The highest BCUT2D eigenvalue weighted by molar-refractivity contribution is 5.59. The standard InChI is InChI=1S/C8H14O4/c1-6(12-8(9)10-2)7-4-3-5-11-7/h6-7H,3-5H2,1-2H3. The van der Waals surface area contributed by atoms with Gasteiger partial charge in [-0.3, -0.25) is 0 Å². The number of hydrogen-bond donors (Lipinski definition) is 0. The largest absolute Gasteiger partial charge is 0.508 e. The lowest BCUT2D eigenvalue weighted by atomic mass is 10.1. The van der Waals surface area contributed by atoms with E-state index in [0.717, 1.165) is 19.4 Å². The predicted molar refractivity (Wildman–Crippen MR) is 41.9 cm³/mol. The number of hydrogen-bond acceptors (Lipinski definition) is 4. The van der Waals surface area contributed by atoms with E-state index < -0.39 is 6.16 Å². The summed E-state index contributed by atoms with van der Waals surface area (Å²) in [5, 5.41) is 0. The van der Waals surface area contributed by atoms with Gasteiger partial charge in [-0.15, -0.1) is 0 Å². The van der Waals surface area contributed by atoms with E-state index in [-0.39, 0.29) is 12.2 Å². The minimum Gasteiger partial charge on any atom is -0.438 e. The van der Waals surface area contributed by atoms with Crippen LogP contribution in [-0.4, -0.2) is 32.1 Å². The number of rotatable bonds is 2. The van der Waals surface area contributed by atoms with Crippen LogP contribution in [0.15, 0.2) is 0 Å². The zero-order valence-corrected chi connectivity index (χ0v) is 7.41. The molecule has 0 aromatic carbocycles. The van der Waals surface area contributed by atoms with Crippen LogP contribution in [-0.2, 0) is 14.2 Å². The SMILES string of the molecule is COC(=O)OC(C)C1CCCO1. The summed E-state index contributed by atoms with van der Waals surface area (Å²) in [6.07, 6.45) is 1.19. The maximum absolute atomic E-state index is 10.7. The minimum absolute atomic E-state index is 0.0455. The molecule has 4 nitrogen and oxygen atoms in total. The van der Waals surface area contributed by atoms with E-state index in [0.29, 0.717) is 0 Å². The molecule has 1 aliphatic rings. The number of carbonyl (C=O) groups excluding carboxylic acids is 1. The van der Waals surface area contributed by atoms with Crippen molar-refractivity contribution in [1.29, 1.82) is 0 Å². The Balaban J connectivity index is 2.26. The monoisotopic (exact) mass is 174 g/mol. The van der Waals surface area contributed by atoms with Crippen molar-refractivity contribution in [2.45, 2.75) is 32.0 Å². The summed E-state index contributed by atoms with van der Waals surface area (Å²) in [5.41, 5.74) is 0. The van der Waals surface area contributed by atoms with Crippen LogP contribution < -0.4 is 0 Å². The zero-order valence-electron chi connectivity index (χ0n) is 7.41. The van der Waals surface area contributed by atoms with Crippen molar-refractivity contribution < 1.29 is 19.0 Å². The molecule has 0 spiro atoms. The molecule has 0 radical (unpaired) electrons. The second-order valence-corrected chi connectivity index (χ2v) is 2.83. The molecule has 1 fully saturated rings. The quantitative estimate of drug-likeness (QED) is 0.592. The fraction of sp³-hybridized carbons (Fsp3) is 0.875. The number of ether oxygens (including phenoxy) is 3. The van der Waals surface area contributed by atoms with Gasteiger partial charge in [0.15, 0.2) is 0 Å². The molecule has 0 aromatic heterocycles. The summed E-state index contributed by atoms with van der Waals surface area (Å²) in [4.78, 5) is 10.7. The van der Waals surface area contributed by atoms with Gasteiger partial charge >= 0.3 is 6.16 Å². The highest BCUT2D eigenvalue weighted by Gasteiger charge is 2.25. The molecule has 0 saturated carbocycles. The summed E-state index contributed by atoms with van der Waals surface area (Å²) < 4.78 is 14.6. The molecule has 12 heavy (non-hydrogen) atoms. The van der Waals surface area contributed by atoms with E-state index in [1.807, 2.05) is 6.92 Å². The summed E-state index contributed by atoms with van der Waals surface area (Å²) in [7, 11) is 1.30. The Morgan fingerprint density at radius 2 is 2.42 bits per heavy atom. The molecule has 0 aromatic rings. The van der Waals surface area contributed by atoms with Crippen molar-refractivity contribution in [2.75, 3.05) is 13.7 Å². The highest BCUT2D eigenvalue weighted by atomic mass is 16.7. The van der Waals surface area contributed by atoms with Gasteiger partial charge in [0.05, 0.1) is 13.2 Å². The van der Waals surface area contributed by atoms with Gasteiger partial charge in [0, 0.05) is 6.61 Å². The smallest absolute Gasteiger partial charge is 0.438 e. The Bertz CT molecular complexity index is 151. The van der Waals surface area contributed by atoms with Crippen molar-refractivity contribution in [3.05, 3.63) is 0 Å². The third-order valence-electron chi connectivity index (χ3n) is 1.94. The van der Waals surface area contributed by atoms with Crippen LogP contribution in [0.1, 0.15) is 19.8 Å². The van der Waals surface area contributed by atoms with E-state index in [4.69, 9.17) is 9.47 Å². The Labute approximate surface area is 71.8 Å². The van der Waals surface area contributed by atoms with Gasteiger partial charge in [0.2, 0.25) is 0 Å². The molecular formula is C8H14O4. The number of methoxy groups -OCH3 is 1. The Morgan fingerprint density at radius 1 is 1.67 bits per heavy atom. The lowest BCUT2D eigenvalue weighted by molar-refractivity contribution is -0.0276. The van der Waals surface area contributed by atoms with Gasteiger partial charge in [-0.05, 0) is 19.8 Å². The van der Waals surface area contributed by atoms with Crippen molar-refractivity contribution in [3.63, 3.8) is 0 Å². The van der Waals surface area contributed by atoms with Crippen LogP contribution in [0.3, 0.4) is 0 Å². The molecule has 0 amide bonds. The molecule has 1 aliphatic heterocycles. The zero-order chi connectivity index (χ0) is 8.97. The van der Waals surface area contributed by atoms with Gasteiger partial charge in [-0.25, -0.2) is 4.79 Å². The van der Waals surface area contributed by atoms with Crippen molar-refractivity contribution in [2.24, 2.45) is 0 Å². The molecule has 4 heteroatoms. The summed E-state index contributed by atoms with van der Waals surface area (Å²) in [5.74, 6) is 0. The molecule has 2 unspecified atom stereocenters. The normalized spacial score (nSPS) is 25.0. The third-order valence-corrected chi connectivity index (χ3v) is 1.94. The van der Waals surface area contributed by atoms with E-state index in [1.54, 1.807) is 0 Å². The predicted octanol–water partition coefficient (Wildman–Crippen LogP) is 1.34. The molecule has 70 valence electrons. The first-order chi connectivity index (χ1) is 5.74. The van der Waals surface area contributed by atoms with E-state index >= 15 is 0 Å². The Kier molecular flexibility index (Phi) is 3.34. The summed E-state index contributed by atoms with van der Waals surface area (Å²) >= 11 is 0. The van der Waals surface area contributed by atoms with Gasteiger partial charge in [0.1, 0.15) is 6.10 Å². The first-order valence-electron chi connectivity index (χ1n) is 4.10. The maximum Gasteiger partial charge on any atom is 0.508 e. The van der Waals surface area contributed by atoms with Gasteiger partial charge in [0.25, 0.3) is 0 Å². The first kappa shape index (κ1) is 9.32. The van der Waals surface area contributed by atoms with E-state index in [9.17, 15) is 4.79 Å². The van der Waals surface area contributed by atoms with Crippen molar-refractivity contribution in [3.8, 4) is 0 Å². The van der Waals surface area contributed by atoms with Crippen LogP contribution >= 0.6 is 0 Å². The van der Waals surface area contributed by atoms with Gasteiger partial charge < -0.3 is 14.2 Å². The second kappa shape index (κ2) is 4.30. The highest BCUT2D eigenvalue weighted by Crippen LogP contribution is 2.17. The van der Waals surface area contributed by atoms with Crippen molar-refractivity contribution >= 4 is 6.16 Å². The van der Waals surface area contributed by atoms with E-state index in [2.05, 4.69) is 4.74 Å². The average Bonchev–Trinajstić information content (AvgIpc) is 2.56. The first-order valence-corrected chi connectivity index (χ1v) is 4.10. The molecule has 0 aliphatic carbocycles. The van der Waals surface area contributed by atoms with Gasteiger partial charge in [-0.1, -0.05) is 0 Å². The van der Waals surface area contributed by atoms with Crippen molar-refractivity contribution in [1.82, 2.24) is 0 Å². The van der Waals surface area contributed by atoms with Gasteiger partial charge in [-0.2, -0.15) is 0 Å². The van der Waals surface area contributed by atoms with Crippen LogP contribution in [0.5, 0.6) is 0 Å². The van der Waals surface area contributed by atoms with Crippen LogP contribution in [0.2, 0.25) is 0 Å². The molecular weight excluding hydrogens is 160 g/mol. The molecule has 1 rings (SSSR count). The van der Waals surface area contributed by atoms with Crippen LogP contribution in [0.4, 0.5) is 4.79 Å². The minimum atomic E-state index is -0.641. The Hall–Kier alpha value is -0.770. The molecule has 0 bridgehead atoms. The topological polar surface area (TPSA) is 44.8 Å². The maximum atomic E-state index is 10.7. The summed E-state index contributed by atoms with van der Waals surface area (Å²) in [6, 6.07) is 0. The fourth-order valence-electron chi connectivity index (χ4n) is 1.25. The fourth-order valence-corrected chi connectivity index (χ4v) is 1.25. The second-order valence-electron chi connectivity index (χ2n) is 2.83. The van der Waals surface area contributed by atoms with Crippen LogP contribution in [0.25, 0.3) is 0 Å². The average molecular weight is 174 g/mol. The Morgan fingerprint density at radius 3 is 2.92 bits per heavy atom. The molecule has 2 atom stereocenters. The lowest BCUT2D eigenvalue weighted by Gasteiger charge is -2.17. The summed E-state index contributed by atoms with van der Waals surface area (Å²) in [6.45, 7) is 2.58. The molecule has 1 saturated heterocycles. The third kappa shape index (κ3) is 2.37. The van der Waals surface area contributed by atoms with Crippen LogP contribution in [0, 0.1) is 0 Å². The lowest BCUT2D eigenvalue weighted by Crippen LogP contribution is -2.27. The molecule has 0 N–H and O–H groups in total. The molecule has 1 heterocycles.